The fourth-order valence-electron chi connectivity index (χ4n) is 5.10. The van der Waals surface area contributed by atoms with Crippen LogP contribution in [0, 0.1) is 11.8 Å². The minimum Gasteiger partial charge on any atom is -0.395 e. The molecule has 0 amide bonds. The molecule has 5 rings (SSSR count). The molecule has 0 bridgehead atoms. The first kappa shape index (κ1) is 29.2. The largest absolute Gasteiger partial charge is 0.519 e. The van der Waals surface area contributed by atoms with Gasteiger partial charge in [0.05, 0.1) is 19.5 Å². The summed E-state index contributed by atoms with van der Waals surface area (Å²) >= 11 is 0. The Balaban J connectivity index is 1.26. The number of rotatable bonds is 12. The zero-order valence-corrected chi connectivity index (χ0v) is 24.1. The Labute approximate surface area is 236 Å². The average Bonchev–Trinajstić information content (AvgIpc) is 3.54. The zero-order chi connectivity index (χ0) is 29.0. The Hall–Kier alpha value is -3.25. The van der Waals surface area contributed by atoms with E-state index in [0.717, 1.165) is 37.7 Å². The first-order valence-corrected chi connectivity index (χ1v) is 15.6. The molecule has 1 fully saturated rings. The number of anilines is 1. The van der Waals surface area contributed by atoms with Crippen LogP contribution in [-0.4, -0.2) is 39.1 Å². The lowest BCUT2D eigenvalue weighted by Gasteiger charge is -2.22. The number of allylic oxidation sites excluding steroid dienone is 2. The molecule has 2 aliphatic carbocycles. The summed E-state index contributed by atoms with van der Waals surface area (Å²) in [6, 6.07) is 0. The molecule has 3 N–H and O–H groups in total. The summed E-state index contributed by atoms with van der Waals surface area (Å²) in [4.78, 5) is 34.6. The van der Waals surface area contributed by atoms with Crippen molar-refractivity contribution < 1.29 is 27.2 Å². The number of nitrogens with one attached hydrogen (secondary N) is 1. The van der Waals surface area contributed by atoms with Crippen LogP contribution in [0.1, 0.15) is 63.4 Å². The molecule has 3 heterocycles. The fraction of sp³-hybridized carbons (Fsp3) is 0.556. The van der Waals surface area contributed by atoms with Crippen LogP contribution in [0.15, 0.2) is 48.6 Å². The number of nitrogen functional groups attached to an aromatic ring is 1. The smallest absolute Gasteiger partial charge is 0.395 e. The molecular formula is C27H36N5O8P. The second kappa shape index (κ2) is 12.7. The number of nitrogens with two attached hydrogens (primary N) is 1. The van der Waals surface area contributed by atoms with Crippen molar-refractivity contribution in [2.45, 2.75) is 65.0 Å². The maximum absolute atomic E-state index is 13.9. The van der Waals surface area contributed by atoms with Gasteiger partial charge in [0.1, 0.15) is 13.0 Å². The lowest BCUT2D eigenvalue weighted by atomic mass is 9.87. The highest BCUT2D eigenvalue weighted by molar-refractivity contribution is 7.53. The Kier molecular flexibility index (Phi) is 9.08. The van der Waals surface area contributed by atoms with Crippen LogP contribution < -0.4 is 17.1 Å². The molecule has 0 radical (unpaired) electrons. The number of H-pyrrole nitrogens is 1. The lowest BCUT2D eigenvalue weighted by Crippen LogP contribution is -2.14. The Morgan fingerprint density at radius 2 is 1.90 bits per heavy atom. The van der Waals surface area contributed by atoms with E-state index in [2.05, 4.69) is 41.0 Å². The van der Waals surface area contributed by atoms with E-state index in [1.54, 1.807) is 4.57 Å². The van der Waals surface area contributed by atoms with E-state index in [9.17, 15) is 14.2 Å². The van der Waals surface area contributed by atoms with Crippen LogP contribution in [0.4, 0.5) is 5.95 Å². The van der Waals surface area contributed by atoms with Gasteiger partial charge in [0.2, 0.25) is 5.95 Å². The number of imidazole rings is 1. The molecule has 3 unspecified atom stereocenters. The van der Waals surface area contributed by atoms with Gasteiger partial charge in [-0.15, -0.1) is 0 Å². The number of hydrogen-bond donors (Lipinski definition) is 2. The van der Waals surface area contributed by atoms with Gasteiger partial charge in [-0.05, 0) is 30.3 Å². The number of fused-ring (bicyclic) bond motifs is 1. The minimum absolute atomic E-state index is 0.0234. The van der Waals surface area contributed by atoms with E-state index in [1.165, 1.54) is 6.33 Å². The van der Waals surface area contributed by atoms with Gasteiger partial charge >= 0.3 is 13.4 Å². The molecule has 3 aromatic rings. The van der Waals surface area contributed by atoms with E-state index in [-0.39, 0.29) is 55.9 Å². The van der Waals surface area contributed by atoms with Gasteiger partial charge < -0.3 is 28.4 Å². The molecule has 0 aliphatic heterocycles. The number of aromatic nitrogens is 4. The maximum Gasteiger partial charge on any atom is 0.519 e. The second-order valence-corrected chi connectivity index (χ2v) is 12.6. The van der Waals surface area contributed by atoms with Crippen LogP contribution >= 0.6 is 7.60 Å². The van der Waals surface area contributed by atoms with Crippen molar-refractivity contribution >= 4 is 24.7 Å². The van der Waals surface area contributed by atoms with E-state index >= 15 is 0 Å². The van der Waals surface area contributed by atoms with Gasteiger partial charge in [-0.25, -0.2) is 9.78 Å². The predicted molar refractivity (Wildman–Crippen MR) is 150 cm³/mol. The summed E-state index contributed by atoms with van der Waals surface area (Å²) in [5.41, 5.74) is 6.58. The van der Waals surface area contributed by atoms with Gasteiger partial charge in [0.25, 0.3) is 5.56 Å². The number of hydrogen-bond acceptors (Lipinski definition) is 11. The monoisotopic (exact) mass is 589 g/mol. The third-order valence-electron chi connectivity index (χ3n) is 7.61. The van der Waals surface area contributed by atoms with Crippen molar-refractivity contribution in [1.82, 2.24) is 19.5 Å². The molecule has 3 aromatic heterocycles. The average molecular weight is 590 g/mol. The van der Waals surface area contributed by atoms with Crippen LogP contribution in [-0.2, 0) is 31.5 Å². The zero-order valence-electron chi connectivity index (χ0n) is 23.2. The summed E-state index contributed by atoms with van der Waals surface area (Å²) in [6.07, 6.45) is 12.2. The molecule has 222 valence electrons. The highest BCUT2D eigenvalue weighted by Gasteiger charge is 2.30. The summed E-state index contributed by atoms with van der Waals surface area (Å²) in [7, 11) is -3.82. The van der Waals surface area contributed by atoms with Crippen LogP contribution in [0.25, 0.3) is 11.2 Å². The number of aromatic amines is 1. The lowest BCUT2D eigenvalue weighted by molar-refractivity contribution is 0.120. The molecule has 3 atom stereocenters. The van der Waals surface area contributed by atoms with E-state index in [1.807, 2.05) is 6.08 Å². The normalized spacial score (nSPS) is 21.3. The van der Waals surface area contributed by atoms with Gasteiger partial charge in [-0.2, -0.15) is 4.98 Å². The Morgan fingerprint density at radius 1 is 1.12 bits per heavy atom. The first-order valence-electron chi connectivity index (χ1n) is 13.9. The second-order valence-electron chi connectivity index (χ2n) is 10.7. The molecule has 2 aliphatic rings. The highest BCUT2D eigenvalue weighted by Crippen LogP contribution is 2.50. The molecular weight excluding hydrogens is 553 g/mol. The predicted octanol–water partition coefficient (Wildman–Crippen LogP) is 4.46. The minimum atomic E-state index is -3.82. The Bertz CT molecular complexity index is 1580. The molecule has 13 nitrogen and oxygen atoms in total. The third-order valence-corrected chi connectivity index (χ3v) is 9.15. The van der Waals surface area contributed by atoms with Gasteiger partial charge in [-0.3, -0.25) is 18.9 Å². The van der Waals surface area contributed by atoms with E-state index in [0.29, 0.717) is 23.2 Å². The van der Waals surface area contributed by atoms with Crippen LogP contribution in [0.3, 0.4) is 0 Å². The van der Waals surface area contributed by atoms with Gasteiger partial charge in [0, 0.05) is 12.5 Å². The third kappa shape index (κ3) is 7.16. The summed E-state index contributed by atoms with van der Waals surface area (Å²) in [6.45, 7) is 4.41. The Morgan fingerprint density at radius 3 is 2.68 bits per heavy atom. The molecule has 0 aromatic carbocycles. The fourth-order valence-corrected chi connectivity index (χ4v) is 6.34. The molecule has 14 heteroatoms. The van der Waals surface area contributed by atoms with Crippen LogP contribution in [0.5, 0.6) is 0 Å². The standard InChI is InChI=1S/C27H36N5O8P/c1-17-8-9-19(12-18(17)2)13-37-41(35,38-14-21-23(40-27(34)39-21)20-6-4-3-5-7-20)16-36-11-10-32-15-29-22-24(32)30-26(28)31-25(22)33/h8-9,12,15,17-18,20H,3-7,10-11,13-14,16H2,1-2H3,(H3,28,30,31,33). The summed E-state index contributed by atoms with van der Waals surface area (Å²) in [5.74, 6) is 0.620. The molecule has 1 saturated carbocycles. The van der Waals surface area contributed by atoms with E-state index < -0.39 is 19.0 Å². The van der Waals surface area contributed by atoms with Crippen molar-refractivity contribution in [1.29, 1.82) is 0 Å². The van der Waals surface area contributed by atoms with Crippen molar-refractivity contribution in [3.05, 3.63) is 62.6 Å². The molecule has 41 heavy (non-hydrogen) atoms. The SMILES string of the molecule is CC1C=CC(COP(=O)(COCCn2cnc3c(=O)[nH]c(N)nc32)OCc2oc(=O)oc2C2CCCCC2)=CC1C. The maximum atomic E-state index is 13.9. The topological polar surface area (TPSA) is 178 Å². The molecule has 0 saturated heterocycles. The number of nitrogens with zero attached hydrogens (tertiary/aromatic N) is 3. The van der Waals surface area contributed by atoms with Gasteiger partial charge in [-0.1, -0.05) is 51.3 Å². The quantitative estimate of drug-likeness (QED) is 0.225. The first-order chi connectivity index (χ1) is 19.7. The summed E-state index contributed by atoms with van der Waals surface area (Å²) in [5, 5.41) is 0. The number of ether oxygens (including phenoxy) is 1. The van der Waals surface area contributed by atoms with Gasteiger partial charge in [0.15, 0.2) is 22.7 Å². The van der Waals surface area contributed by atoms with E-state index in [4.69, 9.17) is 28.4 Å². The van der Waals surface area contributed by atoms with Crippen LogP contribution in [0.2, 0.25) is 0 Å². The molecule has 0 spiro atoms. The van der Waals surface area contributed by atoms with Crippen molar-refractivity contribution in [3.63, 3.8) is 0 Å². The van der Waals surface area contributed by atoms with Crippen molar-refractivity contribution in [3.8, 4) is 0 Å². The highest BCUT2D eigenvalue weighted by atomic mass is 31.2. The van der Waals surface area contributed by atoms with Crippen molar-refractivity contribution in [2.75, 3.05) is 25.3 Å². The van der Waals surface area contributed by atoms with Crippen molar-refractivity contribution in [2.24, 2.45) is 11.8 Å². The summed E-state index contributed by atoms with van der Waals surface area (Å²) < 4.78 is 43.5.